The summed E-state index contributed by atoms with van der Waals surface area (Å²) in [4.78, 5) is 8.60. The lowest BCUT2D eigenvalue weighted by Crippen LogP contribution is -2.14. The average molecular weight is 191 g/mol. The van der Waals surface area contributed by atoms with Crippen molar-refractivity contribution < 1.29 is 0 Å². The Labute approximate surface area is 85.0 Å². The Morgan fingerprint density at radius 2 is 1.93 bits per heavy atom. The fraction of sp³-hybridized carbons (Fsp3) is 0.636. The van der Waals surface area contributed by atoms with Gasteiger partial charge in [-0.15, -0.1) is 0 Å². The SMILES string of the molecule is CC(C)Nc1ncc(C2CCC2)cn1. The molecule has 3 nitrogen and oxygen atoms in total. The molecule has 0 spiro atoms. The summed E-state index contributed by atoms with van der Waals surface area (Å²) in [5.74, 6) is 1.46. The Balaban J connectivity index is 2.02. The summed E-state index contributed by atoms with van der Waals surface area (Å²) in [7, 11) is 0. The van der Waals surface area contributed by atoms with Crippen molar-refractivity contribution in [1.29, 1.82) is 0 Å². The molecule has 0 unspecified atom stereocenters. The molecule has 1 N–H and O–H groups in total. The first-order chi connectivity index (χ1) is 6.75. The molecule has 76 valence electrons. The summed E-state index contributed by atoms with van der Waals surface area (Å²) in [5.41, 5.74) is 1.30. The van der Waals surface area contributed by atoms with Crippen LogP contribution in [0.25, 0.3) is 0 Å². The van der Waals surface area contributed by atoms with Crippen LogP contribution in [0.4, 0.5) is 5.95 Å². The molecular weight excluding hydrogens is 174 g/mol. The van der Waals surface area contributed by atoms with E-state index in [0.29, 0.717) is 6.04 Å². The standard InChI is InChI=1S/C11H17N3/c1-8(2)14-11-12-6-10(7-13-11)9-4-3-5-9/h6-9H,3-5H2,1-2H3,(H,12,13,14). The molecule has 0 saturated heterocycles. The van der Waals surface area contributed by atoms with E-state index >= 15 is 0 Å². The van der Waals surface area contributed by atoms with Gasteiger partial charge in [0.2, 0.25) is 5.95 Å². The van der Waals surface area contributed by atoms with E-state index in [1.165, 1.54) is 24.8 Å². The predicted molar refractivity (Wildman–Crippen MR) is 57.4 cm³/mol. The maximum Gasteiger partial charge on any atom is 0.222 e. The number of hydrogen-bond acceptors (Lipinski definition) is 3. The molecule has 0 bridgehead atoms. The van der Waals surface area contributed by atoms with Gasteiger partial charge < -0.3 is 5.32 Å². The molecule has 1 fully saturated rings. The Hall–Kier alpha value is -1.12. The van der Waals surface area contributed by atoms with Crippen LogP contribution in [-0.2, 0) is 0 Å². The lowest BCUT2D eigenvalue weighted by Gasteiger charge is -2.25. The fourth-order valence-corrected chi connectivity index (χ4v) is 1.62. The number of nitrogens with one attached hydrogen (secondary N) is 1. The van der Waals surface area contributed by atoms with Crippen molar-refractivity contribution in [2.24, 2.45) is 0 Å². The van der Waals surface area contributed by atoms with Crippen LogP contribution in [0.3, 0.4) is 0 Å². The average Bonchev–Trinajstić information content (AvgIpc) is 2.04. The Kier molecular flexibility index (Phi) is 2.66. The second kappa shape index (κ2) is 3.95. The largest absolute Gasteiger partial charge is 0.352 e. The van der Waals surface area contributed by atoms with Crippen molar-refractivity contribution in [2.45, 2.75) is 45.1 Å². The summed E-state index contributed by atoms with van der Waals surface area (Å²) < 4.78 is 0. The monoisotopic (exact) mass is 191 g/mol. The Bertz CT molecular complexity index is 288. The minimum Gasteiger partial charge on any atom is -0.352 e. The third-order valence-electron chi connectivity index (χ3n) is 2.67. The number of aromatic nitrogens is 2. The molecule has 3 heteroatoms. The molecule has 0 atom stereocenters. The molecule has 0 aromatic carbocycles. The minimum absolute atomic E-state index is 0.393. The van der Waals surface area contributed by atoms with E-state index in [1.54, 1.807) is 0 Å². The quantitative estimate of drug-likeness (QED) is 0.798. The lowest BCUT2D eigenvalue weighted by molar-refractivity contribution is 0.418. The van der Waals surface area contributed by atoms with E-state index in [-0.39, 0.29) is 0 Å². The van der Waals surface area contributed by atoms with Gasteiger partial charge in [-0.25, -0.2) is 9.97 Å². The van der Waals surface area contributed by atoms with Crippen LogP contribution >= 0.6 is 0 Å². The Morgan fingerprint density at radius 1 is 1.29 bits per heavy atom. The Morgan fingerprint density at radius 3 is 2.36 bits per heavy atom. The summed E-state index contributed by atoms with van der Waals surface area (Å²) in [6.45, 7) is 4.17. The van der Waals surface area contributed by atoms with E-state index in [0.717, 1.165) is 11.9 Å². The van der Waals surface area contributed by atoms with Gasteiger partial charge in [0.1, 0.15) is 0 Å². The number of anilines is 1. The van der Waals surface area contributed by atoms with Crippen molar-refractivity contribution in [3.05, 3.63) is 18.0 Å². The second-order valence-electron chi connectivity index (χ2n) is 4.27. The summed E-state index contributed by atoms with van der Waals surface area (Å²) in [5, 5.41) is 3.18. The van der Waals surface area contributed by atoms with Crippen LogP contribution in [-0.4, -0.2) is 16.0 Å². The van der Waals surface area contributed by atoms with Crippen LogP contribution in [0.5, 0.6) is 0 Å². The van der Waals surface area contributed by atoms with Crippen LogP contribution in [0.2, 0.25) is 0 Å². The molecule has 0 radical (unpaired) electrons. The summed E-state index contributed by atoms with van der Waals surface area (Å²) in [6, 6.07) is 0.393. The highest BCUT2D eigenvalue weighted by Gasteiger charge is 2.19. The van der Waals surface area contributed by atoms with E-state index in [1.807, 2.05) is 12.4 Å². The molecule has 1 aliphatic rings. The molecule has 0 aliphatic heterocycles. The van der Waals surface area contributed by atoms with Gasteiger partial charge in [0.05, 0.1) is 0 Å². The van der Waals surface area contributed by atoms with Crippen LogP contribution in [0, 0.1) is 0 Å². The molecule has 1 aliphatic carbocycles. The third-order valence-corrected chi connectivity index (χ3v) is 2.67. The minimum atomic E-state index is 0.393. The van der Waals surface area contributed by atoms with Crippen molar-refractivity contribution in [2.75, 3.05) is 5.32 Å². The topological polar surface area (TPSA) is 37.8 Å². The summed E-state index contributed by atoms with van der Waals surface area (Å²) >= 11 is 0. The highest BCUT2D eigenvalue weighted by molar-refractivity contribution is 5.27. The molecule has 1 saturated carbocycles. The first kappa shape index (κ1) is 9.44. The molecule has 1 aromatic heterocycles. The maximum absolute atomic E-state index is 4.30. The smallest absolute Gasteiger partial charge is 0.222 e. The van der Waals surface area contributed by atoms with Gasteiger partial charge in [0.15, 0.2) is 0 Å². The lowest BCUT2D eigenvalue weighted by atomic mass is 9.81. The third kappa shape index (κ3) is 2.03. The van der Waals surface area contributed by atoms with Crippen molar-refractivity contribution >= 4 is 5.95 Å². The van der Waals surface area contributed by atoms with Crippen LogP contribution in [0.1, 0.15) is 44.6 Å². The highest BCUT2D eigenvalue weighted by Crippen LogP contribution is 2.35. The van der Waals surface area contributed by atoms with Crippen molar-refractivity contribution in [3.8, 4) is 0 Å². The zero-order valence-corrected chi connectivity index (χ0v) is 8.83. The zero-order chi connectivity index (χ0) is 9.97. The molecule has 0 amide bonds. The molecule has 2 rings (SSSR count). The highest BCUT2D eigenvalue weighted by atomic mass is 15.1. The van der Waals surface area contributed by atoms with Crippen molar-refractivity contribution in [1.82, 2.24) is 9.97 Å². The van der Waals surface area contributed by atoms with E-state index in [2.05, 4.69) is 29.1 Å². The molecule has 1 aromatic rings. The van der Waals surface area contributed by atoms with Crippen LogP contribution < -0.4 is 5.32 Å². The van der Waals surface area contributed by atoms with Gasteiger partial charge in [-0.1, -0.05) is 6.42 Å². The zero-order valence-electron chi connectivity index (χ0n) is 8.83. The van der Waals surface area contributed by atoms with Gasteiger partial charge in [-0.2, -0.15) is 0 Å². The summed E-state index contributed by atoms with van der Waals surface area (Å²) in [6.07, 6.45) is 7.89. The fourth-order valence-electron chi connectivity index (χ4n) is 1.62. The van der Waals surface area contributed by atoms with E-state index < -0.39 is 0 Å². The predicted octanol–water partition coefficient (Wildman–Crippen LogP) is 2.56. The number of hydrogen-bond donors (Lipinski definition) is 1. The first-order valence-electron chi connectivity index (χ1n) is 5.34. The number of nitrogens with zero attached hydrogens (tertiary/aromatic N) is 2. The van der Waals surface area contributed by atoms with Gasteiger partial charge in [0, 0.05) is 18.4 Å². The second-order valence-corrected chi connectivity index (χ2v) is 4.27. The van der Waals surface area contributed by atoms with E-state index in [4.69, 9.17) is 0 Å². The molecular formula is C11H17N3. The van der Waals surface area contributed by atoms with Crippen LogP contribution in [0.15, 0.2) is 12.4 Å². The maximum atomic E-state index is 4.30. The molecule has 14 heavy (non-hydrogen) atoms. The normalized spacial score (nSPS) is 16.8. The van der Waals surface area contributed by atoms with Gasteiger partial charge >= 0.3 is 0 Å². The van der Waals surface area contributed by atoms with E-state index in [9.17, 15) is 0 Å². The van der Waals surface area contributed by atoms with Gasteiger partial charge in [0.25, 0.3) is 0 Å². The van der Waals surface area contributed by atoms with Crippen molar-refractivity contribution in [3.63, 3.8) is 0 Å². The number of rotatable bonds is 3. The van der Waals surface area contributed by atoms with Gasteiger partial charge in [-0.3, -0.25) is 0 Å². The first-order valence-corrected chi connectivity index (χ1v) is 5.34. The van der Waals surface area contributed by atoms with Gasteiger partial charge in [-0.05, 0) is 38.2 Å². The molecule has 1 heterocycles.